The van der Waals surface area contributed by atoms with E-state index < -0.39 is 18.0 Å². The summed E-state index contributed by atoms with van der Waals surface area (Å²) in [6.07, 6.45) is 2.01. The van der Waals surface area contributed by atoms with Gasteiger partial charge in [0.25, 0.3) is 5.24 Å². The fraction of sp³-hybridized carbons (Fsp3) is 0.474. The number of unbranched alkanes of at least 4 members (excludes halogenated alkanes) is 1. The molecule has 1 aliphatic heterocycles. The maximum absolute atomic E-state index is 14.3. The molecule has 1 aromatic rings. The summed E-state index contributed by atoms with van der Waals surface area (Å²) in [6.45, 7) is 0.472. The molecule has 1 fully saturated rings. The maximum atomic E-state index is 14.3. The quantitative estimate of drug-likeness (QED) is 0.410. The molecule has 2 rings (SSSR count). The first kappa shape index (κ1) is 22.7. The second-order valence-electron chi connectivity index (χ2n) is 6.31. The predicted molar refractivity (Wildman–Crippen MR) is 108 cm³/mol. The highest BCUT2D eigenvalue weighted by atomic mass is 32.2. The van der Waals surface area contributed by atoms with E-state index in [2.05, 4.69) is 0 Å². The molecule has 0 radical (unpaired) electrons. The molecule has 0 spiro atoms. The third kappa shape index (κ3) is 6.49. The minimum Gasteiger partial charge on any atom is -0.481 e. The first-order valence-corrected chi connectivity index (χ1v) is 11.0. The van der Waals surface area contributed by atoms with Gasteiger partial charge in [0.2, 0.25) is 0 Å². The number of carboxylic acids is 1. The van der Waals surface area contributed by atoms with Gasteiger partial charge >= 0.3 is 11.9 Å². The molecule has 2 N–H and O–H groups in total. The van der Waals surface area contributed by atoms with Gasteiger partial charge in [-0.3, -0.25) is 9.59 Å². The van der Waals surface area contributed by atoms with Crippen molar-refractivity contribution in [2.24, 2.45) is 0 Å². The van der Waals surface area contributed by atoms with E-state index in [-0.39, 0.29) is 22.6 Å². The minimum absolute atomic E-state index is 0.0530. The number of aliphatic carboxylic acids is 1. The van der Waals surface area contributed by atoms with E-state index in [9.17, 15) is 23.5 Å². The maximum Gasteiger partial charge on any atom is 0.313 e. The van der Waals surface area contributed by atoms with Crippen LogP contribution in [0.25, 0.3) is 0 Å². The molecule has 5 nitrogen and oxygen atoms in total. The van der Waals surface area contributed by atoms with Crippen LogP contribution in [0.5, 0.6) is 0 Å². The third-order valence-corrected chi connectivity index (χ3v) is 6.24. The molecule has 0 aromatic heterocycles. The number of hydrogen-bond acceptors (Lipinski definition) is 5. The molecule has 1 aliphatic rings. The zero-order chi connectivity index (χ0) is 20.6. The van der Waals surface area contributed by atoms with Crippen LogP contribution >= 0.6 is 23.5 Å². The summed E-state index contributed by atoms with van der Waals surface area (Å²) in [5, 5.41) is 18.4. The summed E-state index contributed by atoms with van der Waals surface area (Å²) in [5.41, 5.74) is -0.264. The van der Waals surface area contributed by atoms with E-state index >= 15 is 0 Å². The lowest BCUT2D eigenvalue weighted by Crippen LogP contribution is -2.34. The number of amides is 1. The first-order valence-electron chi connectivity index (χ1n) is 8.85. The van der Waals surface area contributed by atoms with Crippen LogP contribution in [0.1, 0.15) is 18.4 Å². The zero-order valence-corrected chi connectivity index (χ0v) is 16.8. The van der Waals surface area contributed by atoms with Crippen LogP contribution in [-0.2, 0) is 10.7 Å². The van der Waals surface area contributed by atoms with Crippen LogP contribution in [0, 0.1) is 0 Å². The number of carboxylic acid groups (broad SMARTS) is 1. The third-order valence-electron chi connectivity index (χ3n) is 4.22. The number of nitrogens with zero attached hydrogens (tertiary/aromatic N) is 1. The lowest BCUT2D eigenvalue weighted by Gasteiger charge is -2.23. The highest BCUT2D eigenvalue weighted by Gasteiger charge is 2.39. The molecule has 0 saturated carbocycles. The summed E-state index contributed by atoms with van der Waals surface area (Å²) in [7, 11) is 0. The Hall–Kier alpha value is -1.58. The number of carbonyl (C=O) groups is 2. The number of carbonyl (C=O) groups excluding carboxylic acids is 1. The normalized spacial score (nSPS) is 18.8. The van der Waals surface area contributed by atoms with E-state index in [0.29, 0.717) is 24.5 Å². The molecule has 2 atom stereocenters. The molecule has 9 heteroatoms. The largest absolute Gasteiger partial charge is 0.481 e. The Morgan fingerprint density at radius 2 is 2.07 bits per heavy atom. The van der Waals surface area contributed by atoms with Gasteiger partial charge in [0.05, 0.1) is 11.8 Å². The summed E-state index contributed by atoms with van der Waals surface area (Å²) in [5.74, 6) is -3.08. The average Bonchev–Trinajstić information content (AvgIpc) is 3.02. The SMILES string of the molecule is O=C(O)CSCCCCN1C(=O)SCC1C=CC(O)C(F)(F)c1ccccc1. The number of aliphatic hydroxyl groups excluding tert-OH is 1. The second kappa shape index (κ2) is 10.8. The van der Waals surface area contributed by atoms with Crippen LogP contribution in [-0.4, -0.2) is 62.3 Å². The standard InChI is InChI=1S/C19H23F2NO4S2/c20-19(21,14-6-2-1-3-7-14)16(23)9-8-15-12-28-18(26)22(15)10-4-5-11-27-13-17(24)25/h1-3,6-9,15-16,23H,4-5,10-13H2,(H,24,25). The number of thioether (sulfide) groups is 2. The van der Waals surface area contributed by atoms with Gasteiger partial charge in [-0.05, 0) is 18.6 Å². The molecular formula is C19H23F2NO4S2. The van der Waals surface area contributed by atoms with Crippen LogP contribution < -0.4 is 0 Å². The number of hydrogen-bond donors (Lipinski definition) is 2. The van der Waals surface area contributed by atoms with E-state index in [4.69, 9.17) is 5.11 Å². The lowest BCUT2D eigenvalue weighted by molar-refractivity contribution is -0.133. The van der Waals surface area contributed by atoms with Crippen LogP contribution in [0.2, 0.25) is 0 Å². The van der Waals surface area contributed by atoms with Crippen molar-refractivity contribution in [2.45, 2.75) is 30.9 Å². The van der Waals surface area contributed by atoms with Crippen LogP contribution in [0.3, 0.4) is 0 Å². The first-order chi connectivity index (χ1) is 13.3. The van der Waals surface area contributed by atoms with E-state index in [1.165, 1.54) is 42.1 Å². The molecule has 1 saturated heterocycles. The smallest absolute Gasteiger partial charge is 0.313 e. The molecule has 154 valence electrons. The van der Waals surface area contributed by atoms with Gasteiger partial charge in [-0.1, -0.05) is 54.2 Å². The van der Waals surface area contributed by atoms with E-state index in [0.717, 1.165) is 24.3 Å². The van der Waals surface area contributed by atoms with Crippen molar-refractivity contribution in [3.05, 3.63) is 48.0 Å². The Labute approximate surface area is 171 Å². The Kier molecular flexibility index (Phi) is 8.78. The Balaban J connectivity index is 1.87. The summed E-state index contributed by atoms with van der Waals surface area (Å²) < 4.78 is 28.7. The predicted octanol–water partition coefficient (Wildman–Crippen LogP) is 3.83. The summed E-state index contributed by atoms with van der Waals surface area (Å²) in [6, 6.07) is 6.79. The molecule has 1 amide bonds. The molecule has 1 heterocycles. The molecule has 2 unspecified atom stereocenters. The van der Waals surface area contributed by atoms with Crippen molar-refractivity contribution >= 4 is 34.7 Å². The van der Waals surface area contributed by atoms with E-state index in [1.54, 1.807) is 11.0 Å². The molecular weight excluding hydrogens is 408 g/mol. The minimum atomic E-state index is -3.42. The topological polar surface area (TPSA) is 77.8 Å². The van der Waals surface area contributed by atoms with Crippen molar-refractivity contribution < 1.29 is 28.6 Å². The molecule has 0 aliphatic carbocycles. The number of benzene rings is 1. The van der Waals surface area contributed by atoms with Crippen LogP contribution in [0.15, 0.2) is 42.5 Å². The van der Waals surface area contributed by atoms with Crippen molar-refractivity contribution in [3.8, 4) is 0 Å². The average molecular weight is 432 g/mol. The lowest BCUT2D eigenvalue weighted by atomic mass is 10.0. The van der Waals surface area contributed by atoms with Gasteiger partial charge in [-0.2, -0.15) is 20.5 Å². The van der Waals surface area contributed by atoms with Crippen LogP contribution in [0.4, 0.5) is 13.6 Å². The number of aliphatic hydroxyl groups is 1. The van der Waals surface area contributed by atoms with Gasteiger partial charge in [-0.15, -0.1) is 0 Å². The fourth-order valence-corrected chi connectivity index (χ4v) is 4.44. The summed E-state index contributed by atoms with van der Waals surface area (Å²) >= 11 is 2.45. The Bertz CT molecular complexity index is 688. The van der Waals surface area contributed by atoms with E-state index in [1.807, 2.05) is 0 Å². The number of halogens is 2. The van der Waals surface area contributed by atoms with Crippen molar-refractivity contribution in [1.82, 2.24) is 4.90 Å². The zero-order valence-electron chi connectivity index (χ0n) is 15.2. The Morgan fingerprint density at radius 1 is 1.36 bits per heavy atom. The molecule has 1 aromatic carbocycles. The molecule has 28 heavy (non-hydrogen) atoms. The summed E-state index contributed by atoms with van der Waals surface area (Å²) in [4.78, 5) is 24.1. The second-order valence-corrected chi connectivity index (χ2v) is 8.39. The fourth-order valence-electron chi connectivity index (χ4n) is 2.71. The highest BCUT2D eigenvalue weighted by Crippen LogP contribution is 2.33. The van der Waals surface area contributed by atoms with Gasteiger partial charge in [0.15, 0.2) is 0 Å². The van der Waals surface area contributed by atoms with Gasteiger partial charge in [-0.25, -0.2) is 0 Å². The van der Waals surface area contributed by atoms with Gasteiger partial charge in [0.1, 0.15) is 6.10 Å². The van der Waals surface area contributed by atoms with Gasteiger partial charge in [0, 0.05) is 17.9 Å². The van der Waals surface area contributed by atoms with Gasteiger partial charge < -0.3 is 15.1 Å². The van der Waals surface area contributed by atoms with Crippen molar-refractivity contribution in [2.75, 3.05) is 23.8 Å². The molecule has 0 bridgehead atoms. The highest BCUT2D eigenvalue weighted by molar-refractivity contribution is 8.13. The number of rotatable bonds is 11. The number of alkyl halides is 2. The monoisotopic (exact) mass is 431 g/mol. The Morgan fingerprint density at radius 3 is 2.75 bits per heavy atom. The van der Waals surface area contributed by atoms with Crippen molar-refractivity contribution in [1.29, 1.82) is 0 Å². The van der Waals surface area contributed by atoms with Crippen molar-refractivity contribution in [3.63, 3.8) is 0 Å².